The van der Waals surface area contributed by atoms with E-state index in [0.717, 1.165) is 12.8 Å². The molecular formula is C18H16ClN5O4. The average molecular weight is 402 g/mol. The largest absolute Gasteiger partial charge is 0.472 e. The molecule has 0 saturated carbocycles. The number of pyridine rings is 2. The molecule has 0 aliphatic carbocycles. The number of aromatic nitrogens is 3. The molecule has 0 aromatic carbocycles. The van der Waals surface area contributed by atoms with Crippen molar-refractivity contribution in [2.75, 3.05) is 18.0 Å². The van der Waals surface area contributed by atoms with E-state index in [0.29, 0.717) is 29.6 Å². The minimum Gasteiger partial charge on any atom is -0.472 e. The molecule has 0 radical (unpaired) electrons. The first kappa shape index (κ1) is 18.2. The lowest BCUT2D eigenvalue weighted by molar-refractivity contribution is -0.385. The van der Waals surface area contributed by atoms with Gasteiger partial charge in [-0.1, -0.05) is 17.7 Å². The Bertz CT molecular complexity index is 1090. The molecule has 1 fully saturated rings. The highest BCUT2D eigenvalue weighted by Gasteiger charge is 2.31. The normalized spacial score (nSPS) is 16.9. The summed E-state index contributed by atoms with van der Waals surface area (Å²) in [5.41, 5.74) is -0.877. The minimum absolute atomic E-state index is 0.0681. The maximum absolute atomic E-state index is 12.6. The second-order valence-electron chi connectivity index (χ2n) is 6.42. The van der Waals surface area contributed by atoms with Crippen LogP contribution < -0.4 is 15.2 Å². The molecule has 0 amide bonds. The number of ether oxygens (including phenoxy) is 1. The fraction of sp³-hybridized carbons (Fsp3) is 0.278. The van der Waals surface area contributed by atoms with Crippen molar-refractivity contribution in [3.05, 3.63) is 68.2 Å². The second-order valence-corrected chi connectivity index (χ2v) is 6.85. The summed E-state index contributed by atoms with van der Waals surface area (Å²) in [6.07, 6.45) is 4.23. The van der Waals surface area contributed by atoms with Crippen molar-refractivity contribution < 1.29 is 9.66 Å². The SMILES string of the molecule is O=c1c([N+](=O)[O-])c(N2CCCC(Oc3ccc(Cl)cn3)C2)nc2ccccn12. The van der Waals surface area contributed by atoms with Gasteiger partial charge in [0, 0.05) is 25.0 Å². The van der Waals surface area contributed by atoms with E-state index < -0.39 is 16.2 Å². The van der Waals surface area contributed by atoms with Gasteiger partial charge in [0.05, 0.1) is 16.5 Å². The van der Waals surface area contributed by atoms with E-state index >= 15 is 0 Å². The number of anilines is 1. The van der Waals surface area contributed by atoms with E-state index in [1.807, 2.05) is 0 Å². The predicted molar refractivity (Wildman–Crippen MR) is 103 cm³/mol. The maximum Gasteiger partial charge on any atom is 0.376 e. The number of fused-ring (bicyclic) bond motifs is 1. The van der Waals surface area contributed by atoms with Crippen molar-refractivity contribution in [1.82, 2.24) is 14.4 Å². The smallest absolute Gasteiger partial charge is 0.376 e. The van der Waals surface area contributed by atoms with Crippen LogP contribution in [0.3, 0.4) is 0 Å². The van der Waals surface area contributed by atoms with Crippen LogP contribution in [0.5, 0.6) is 5.88 Å². The lowest BCUT2D eigenvalue weighted by Crippen LogP contribution is -2.42. The molecule has 10 heteroatoms. The quantitative estimate of drug-likeness (QED) is 0.489. The summed E-state index contributed by atoms with van der Waals surface area (Å²) in [7, 11) is 0. The Kier molecular flexibility index (Phi) is 4.82. The number of hydrogen-bond donors (Lipinski definition) is 0. The molecule has 1 saturated heterocycles. The molecule has 144 valence electrons. The first-order chi connectivity index (χ1) is 13.5. The Balaban J connectivity index is 1.67. The number of piperidine rings is 1. The first-order valence-electron chi connectivity index (χ1n) is 8.72. The molecule has 4 rings (SSSR count). The third-order valence-electron chi connectivity index (χ3n) is 4.54. The predicted octanol–water partition coefficient (Wildman–Crippen LogP) is 2.70. The van der Waals surface area contributed by atoms with E-state index in [-0.39, 0.29) is 11.9 Å². The molecule has 1 atom stereocenters. The van der Waals surface area contributed by atoms with Crippen LogP contribution in [-0.2, 0) is 0 Å². The minimum atomic E-state index is -0.701. The van der Waals surface area contributed by atoms with E-state index in [1.54, 1.807) is 35.2 Å². The molecule has 0 spiro atoms. The van der Waals surface area contributed by atoms with Crippen LogP contribution >= 0.6 is 11.6 Å². The van der Waals surface area contributed by atoms with Gasteiger partial charge in [0.2, 0.25) is 11.7 Å². The van der Waals surface area contributed by atoms with Gasteiger partial charge >= 0.3 is 11.2 Å². The van der Waals surface area contributed by atoms with Crippen molar-refractivity contribution >= 4 is 28.8 Å². The van der Waals surface area contributed by atoms with Crippen molar-refractivity contribution in [2.24, 2.45) is 0 Å². The fourth-order valence-electron chi connectivity index (χ4n) is 3.28. The van der Waals surface area contributed by atoms with Gasteiger partial charge in [-0.25, -0.2) is 9.97 Å². The van der Waals surface area contributed by atoms with Gasteiger partial charge in [0.15, 0.2) is 0 Å². The van der Waals surface area contributed by atoms with Crippen LogP contribution in [0.4, 0.5) is 11.5 Å². The zero-order valence-electron chi connectivity index (χ0n) is 14.7. The highest BCUT2D eigenvalue weighted by Crippen LogP contribution is 2.27. The van der Waals surface area contributed by atoms with Crippen molar-refractivity contribution in [3.8, 4) is 5.88 Å². The van der Waals surface area contributed by atoms with Crippen molar-refractivity contribution in [3.63, 3.8) is 0 Å². The molecule has 0 bridgehead atoms. The van der Waals surface area contributed by atoms with E-state index in [1.165, 1.54) is 16.8 Å². The Morgan fingerprint density at radius 1 is 1.29 bits per heavy atom. The molecule has 1 aliphatic rings. The van der Waals surface area contributed by atoms with Crippen LogP contribution in [0.15, 0.2) is 47.5 Å². The summed E-state index contributed by atoms with van der Waals surface area (Å²) < 4.78 is 7.07. The number of nitro groups is 1. The highest BCUT2D eigenvalue weighted by atomic mass is 35.5. The Hall–Kier alpha value is -3.20. The summed E-state index contributed by atoms with van der Waals surface area (Å²) in [5, 5.41) is 12.1. The van der Waals surface area contributed by atoms with Gasteiger partial charge in [-0.05, 0) is 31.0 Å². The van der Waals surface area contributed by atoms with Gasteiger partial charge in [-0.15, -0.1) is 0 Å². The van der Waals surface area contributed by atoms with Crippen LogP contribution in [0.1, 0.15) is 12.8 Å². The molecule has 3 aromatic rings. The Morgan fingerprint density at radius 3 is 2.89 bits per heavy atom. The van der Waals surface area contributed by atoms with Crippen LogP contribution in [0.25, 0.3) is 5.65 Å². The summed E-state index contributed by atoms with van der Waals surface area (Å²) in [5.74, 6) is 0.496. The van der Waals surface area contributed by atoms with Crippen molar-refractivity contribution in [2.45, 2.75) is 18.9 Å². The standard InChI is InChI=1S/C18H16ClN5O4/c19-12-6-7-15(20-10-12)28-13-4-3-8-22(11-13)17-16(24(26)27)18(25)23-9-2-1-5-14(23)21-17/h1-2,5-7,9-10,13H,3-4,8,11H2. The molecule has 3 aromatic heterocycles. The summed E-state index contributed by atoms with van der Waals surface area (Å²) in [4.78, 5) is 33.8. The highest BCUT2D eigenvalue weighted by molar-refractivity contribution is 6.30. The molecular weight excluding hydrogens is 386 g/mol. The monoisotopic (exact) mass is 401 g/mol. The molecule has 1 unspecified atom stereocenters. The zero-order chi connectivity index (χ0) is 19.7. The first-order valence-corrected chi connectivity index (χ1v) is 9.09. The topological polar surface area (TPSA) is 103 Å². The number of nitrogens with zero attached hydrogens (tertiary/aromatic N) is 5. The lowest BCUT2D eigenvalue weighted by Gasteiger charge is -2.33. The summed E-state index contributed by atoms with van der Waals surface area (Å²) in [6.45, 7) is 0.908. The third kappa shape index (κ3) is 3.48. The van der Waals surface area contributed by atoms with Gasteiger partial charge in [0.25, 0.3) is 0 Å². The van der Waals surface area contributed by atoms with Crippen LogP contribution in [-0.4, -0.2) is 38.5 Å². The molecule has 28 heavy (non-hydrogen) atoms. The second kappa shape index (κ2) is 7.43. The number of halogens is 1. The maximum atomic E-state index is 12.6. The fourth-order valence-corrected chi connectivity index (χ4v) is 3.39. The molecule has 1 aliphatic heterocycles. The van der Waals surface area contributed by atoms with Crippen molar-refractivity contribution in [1.29, 1.82) is 0 Å². The Labute approximate surface area is 164 Å². The molecule has 9 nitrogen and oxygen atoms in total. The summed E-state index contributed by atoms with van der Waals surface area (Å²) >= 11 is 5.84. The van der Waals surface area contributed by atoms with Gasteiger partial charge in [0.1, 0.15) is 11.8 Å². The Morgan fingerprint density at radius 2 is 2.14 bits per heavy atom. The van der Waals surface area contributed by atoms with Gasteiger partial charge in [-0.3, -0.25) is 19.3 Å². The van der Waals surface area contributed by atoms with Gasteiger partial charge in [-0.2, -0.15) is 0 Å². The lowest BCUT2D eigenvalue weighted by atomic mass is 10.1. The van der Waals surface area contributed by atoms with Gasteiger partial charge < -0.3 is 9.64 Å². The summed E-state index contributed by atoms with van der Waals surface area (Å²) in [6, 6.07) is 8.35. The van der Waals surface area contributed by atoms with E-state index in [4.69, 9.17) is 16.3 Å². The molecule has 4 heterocycles. The third-order valence-corrected chi connectivity index (χ3v) is 4.76. The number of hydrogen-bond acceptors (Lipinski definition) is 7. The van der Waals surface area contributed by atoms with Crippen LogP contribution in [0, 0.1) is 10.1 Å². The zero-order valence-corrected chi connectivity index (χ0v) is 15.5. The van der Waals surface area contributed by atoms with E-state index in [9.17, 15) is 14.9 Å². The van der Waals surface area contributed by atoms with E-state index in [2.05, 4.69) is 9.97 Å². The van der Waals surface area contributed by atoms with Crippen LogP contribution in [0.2, 0.25) is 5.02 Å². The molecule has 0 N–H and O–H groups in total. The number of rotatable bonds is 4. The average Bonchev–Trinajstić information content (AvgIpc) is 2.69.